The van der Waals surface area contributed by atoms with E-state index in [0.29, 0.717) is 12.0 Å². The fraction of sp³-hybridized carbons (Fsp3) is 0.692. The molecule has 1 heterocycles. The highest BCUT2D eigenvalue weighted by molar-refractivity contribution is 7.11. The second kappa shape index (κ2) is 5.80. The van der Waals surface area contributed by atoms with E-state index >= 15 is 0 Å². The van der Waals surface area contributed by atoms with E-state index in [1.165, 1.54) is 35.4 Å². The summed E-state index contributed by atoms with van der Waals surface area (Å²) >= 11 is 1.89. The summed E-state index contributed by atoms with van der Waals surface area (Å²) < 4.78 is 0. The predicted molar refractivity (Wildman–Crippen MR) is 70.7 cm³/mol. The second-order valence-corrected chi connectivity index (χ2v) is 6.15. The van der Waals surface area contributed by atoms with Crippen LogP contribution in [0.2, 0.25) is 0 Å². The smallest absolute Gasteiger partial charge is 0.0302 e. The average molecular weight is 238 g/mol. The van der Waals surface area contributed by atoms with Crippen molar-refractivity contribution in [3.05, 3.63) is 21.9 Å². The van der Waals surface area contributed by atoms with Crippen LogP contribution in [-0.2, 0) is 6.54 Å². The van der Waals surface area contributed by atoms with Crippen molar-refractivity contribution in [1.29, 1.82) is 0 Å². The van der Waals surface area contributed by atoms with Crippen molar-refractivity contribution < 1.29 is 0 Å². The van der Waals surface area contributed by atoms with E-state index in [-0.39, 0.29) is 0 Å². The minimum absolute atomic E-state index is 0.640. The third-order valence-corrected chi connectivity index (χ3v) is 4.55. The Labute approximate surface area is 102 Å². The predicted octanol–water partition coefficient (Wildman–Crippen LogP) is 2.66. The van der Waals surface area contributed by atoms with Crippen LogP contribution in [0.25, 0.3) is 0 Å². The molecular weight excluding hydrogens is 216 g/mol. The lowest BCUT2D eigenvalue weighted by Gasteiger charge is -2.31. The van der Waals surface area contributed by atoms with Crippen LogP contribution in [0.4, 0.5) is 0 Å². The van der Waals surface area contributed by atoms with Gasteiger partial charge in [0, 0.05) is 22.3 Å². The van der Waals surface area contributed by atoms with E-state index in [9.17, 15) is 0 Å². The van der Waals surface area contributed by atoms with Gasteiger partial charge in [-0.1, -0.05) is 12.8 Å². The van der Waals surface area contributed by atoms with Crippen LogP contribution in [0, 0.1) is 12.8 Å². The van der Waals surface area contributed by atoms with Gasteiger partial charge < -0.3 is 11.1 Å². The highest BCUT2D eigenvalue weighted by atomic mass is 32.1. The molecule has 16 heavy (non-hydrogen) atoms. The average Bonchev–Trinajstić information content (AvgIpc) is 2.73. The Kier molecular flexibility index (Phi) is 4.38. The van der Waals surface area contributed by atoms with E-state index in [0.717, 1.165) is 13.1 Å². The molecule has 0 aliphatic heterocycles. The lowest BCUT2D eigenvalue weighted by atomic mass is 9.84. The van der Waals surface area contributed by atoms with Crippen LogP contribution in [0.5, 0.6) is 0 Å². The van der Waals surface area contributed by atoms with Crippen LogP contribution in [0.3, 0.4) is 0 Å². The first kappa shape index (κ1) is 12.1. The number of hydrogen-bond acceptors (Lipinski definition) is 3. The van der Waals surface area contributed by atoms with Gasteiger partial charge in [0.1, 0.15) is 0 Å². The Balaban J connectivity index is 1.84. The largest absolute Gasteiger partial charge is 0.330 e. The Bertz CT molecular complexity index is 321. The number of hydrogen-bond donors (Lipinski definition) is 2. The molecule has 0 amide bonds. The summed E-state index contributed by atoms with van der Waals surface area (Å²) in [5.41, 5.74) is 5.83. The molecule has 3 N–H and O–H groups in total. The van der Waals surface area contributed by atoms with E-state index < -0.39 is 0 Å². The molecule has 1 aromatic heterocycles. The zero-order valence-electron chi connectivity index (χ0n) is 10.0. The minimum atomic E-state index is 0.640. The summed E-state index contributed by atoms with van der Waals surface area (Å²) in [7, 11) is 0. The van der Waals surface area contributed by atoms with Gasteiger partial charge in [0.2, 0.25) is 0 Å². The molecule has 90 valence electrons. The normalized spacial score (nSPS) is 25.9. The van der Waals surface area contributed by atoms with Gasteiger partial charge in [-0.05, 0) is 44.4 Å². The van der Waals surface area contributed by atoms with Gasteiger partial charge in [-0.25, -0.2) is 0 Å². The molecule has 2 nitrogen and oxygen atoms in total. The highest BCUT2D eigenvalue weighted by Gasteiger charge is 2.23. The maximum absolute atomic E-state index is 5.83. The van der Waals surface area contributed by atoms with Crippen LogP contribution in [-0.4, -0.2) is 12.6 Å². The summed E-state index contributed by atoms with van der Waals surface area (Å²) in [5.74, 6) is 0.690. The first-order chi connectivity index (χ1) is 7.79. The Morgan fingerprint density at radius 3 is 2.88 bits per heavy atom. The van der Waals surface area contributed by atoms with Crippen molar-refractivity contribution in [3.63, 3.8) is 0 Å². The van der Waals surface area contributed by atoms with Crippen molar-refractivity contribution in [2.45, 2.75) is 45.2 Å². The standard InChI is InChI=1S/C13H22N2S/c1-10-6-7-12(16-10)9-15-13-5-3-2-4-11(13)8-14/h6-7,11,13,15H,2-5,8-9,14H2,1H3. The second-order valence-electron chi connectivity index (χ2n) is 4.78. The third-order valence-electron chi connectivity index (χ3n) is 3.55. The molecule has 2 unspecified atom stereocenters. The molecule has 1 aliphatic carbocycles. The summed E-state index contributed by atoms with van der Waals surface area (Å²) in [6, 6.07) is 5.07. The molecular formula is C13H22N2S. The van der Waals surface area contributed by atoms with Crippen molar-refractivity contribution in [3.8, 4) is 0 Å². The molecule has 1 fully saturated rings. The van der Waals surface area contributed by atoms with E-state index in [2.05, 4.69) is 24.4 Å². The Morgan fingerprint density at radius 2 is 2.19 bits per heavy atom. The molecule has 0 bridgehead atoms. The topological polar surface area (TPSA) is 38.0 Å². The Hall–Kier alpha value is -0.380. The maximum Gasteiger partial charge on any atom is 0.0302 e. The third kappa shape index (κ3) is 3.06. The van der Waals surface area contributed by atoms with Gasteiger partial charge in [-0.2, -0.15) is 0 Å². The van der Waals surface area contributed by atoms with Crippen LogP contribution < -0.4 is 11.1 Å². The maximum atomic E-state index is 5.83. The van der Waals surface area contributed by atoms with E-state index in [1.54, 1.807) is 0 Å². The summed E-state index contributed by atoms with van der Waals surface area (Å²) in [6.07, 6.45) is 5.32. The summed E-state index contributed by atoms with van der Waals surface area (Å²) in [4.78, 5) is 2.84. The lowest BCUT2D eigenvalue weighted by Crippen LogP contribution is -2.41. The molecule has 0 spiro atoms. The molecule has 1 aliphatic rings. The molecule has 0 saturated heterocycles. The molecule has 3 heteroatoms. The van der Waals surface area contributed by atoms with Gasteiger partial charge in [0.25, 0.3) is 0 Å². The first-order valence-electron chi connectivity index (χ1n) is 6.28. The van der Waals surface area contributed by atoms with Crippen LogP contribution in [0.15, 0.2) is 12.1 Å². The zero-order chi connectivity index (χ0) is 11.4. The van der Waals surface area contributed by atoms with Crippen molar-refractivity contribution in [2.75, 3.05) is 6.54 Å². The van der Waals surface area contributed by atoms with Gasteiger partial charge in [-0.3, -0.25) is 0 Å². The van der Waals surface area contributed by atoms with Gasteiger partial charge in [-0.15, -0.1) is 11.3 Å². The van der Waals surface area contributed by atoms with E-state index in [4.69, 9.17) is 5.73 Å². The van der Waals surface area contributed by atoms with Crippen molar-refractivity contribution >= 4 is 11.3 Å². The molecule has 1 saturated carbocycles. The number of thiophene rings is 1. The van der Waals surface area contributed by atoms with Crippen molar-refractivity contribution in [2.24, 2.45) is 11.7 Å². The van der Waals surface area contributed by atoms with Crippen molar-refractivity contribution in [1.82, 2.24) is 5.32 Å². The molecule has 2 rings (SSSR count). The summed E-state index contributed by atoms with van der Waals surface area (Å²) in [6.45, 7) is 4.01. The molecule has 1 aromatic rings. The SMILES string of the molecule is Cc1ccc(CNC2CCCCC2CN)s1. The van der Waals surface area contributed by atoms with Gasteiger partial charge >= 0.3 is 0 Å². The number of nitrogens with two attached hydrogens (primary N) is 1. The lowest BCUT2D eigenvalue weighted by molar-refractivity contribution is 0.267. The molecule has 0 radical (unpaired) electrons. The zero-order valence-corrected chi connectivity index (χ0v) is 10.9. The quantitative estimate of drug-likeness (QED) is 0.846. The number of nitrogens with one attached hydrogen (secondary N) is 1. The van der Waals surface area contributed by atoms with Gasteiger partial charge in [0.15, 0.2) is 0 Å². The minimum Gasteiger partial charge on any atom is -0.330 e. The first-order valence-corrected chi connectivity index (χ1v) is 7.10. The fourth-order valence-corrected chi connectivity index (χ4v) is 3.41. The van der Waals surface area contributed by atoms with Gasteiger partial charge in [0.05, 0.1) is 0 Å². The van der Waals surface area contributed by atoms with Crippen LogP contribution in [0.1, 0.15) is 35.4 Å². The fourth-order valence-electron chi connectivity index (χ4n) is 2.57. The number of rotatable bonds is 4. The number of aryl methyl sites for hydroxylation is 1. The molecule has 0 aromatic carbocycles. The Morgan fingerprint density at radius 1 is 1.38 bits per heavy atom. The summed E-state index contributed by atoms with van der Waals surface area (Å²) in [5, 5.41) is 3.68. The van der Waals surface area contributed by atoms with Crippen LogP contribution >= 0.6 is 11.3 Å². The van der Waals surface area contributed by atoms with E-state index in [1.807, 2.05) is 11.3 Å². The highest BCUT2D eigenvalue weighted by Crippen LogP contribution is 2.24. The molecule has 2 atom stereocenters. The monoisotopic (exact) mass is 238 g/mol.